The number of thioether (sulfide) groups is 1. The van der Waals surface area contributed by atoms with Crippen LogP contribution >= 0.6 is 24.0 Å². The van der Waals surface area contributed by atoms with Crippen molar-refractivity contribution in [1.29, 1.82) is 0 Å². The standard InChI is InChI=1S/C8H13NO2S2/c1-7(10)6-13-8(12)9-2-4-11-5-3-9/h2-6H2,1H3. The highest BCUT2D eigenvalue weighted by molar-refractivity contribution is 8.23. The summed E-state index contributed by atoms with van der Waals surface area (Å²) in [5, 5.41) is 0. The molecule has 13 heavy (non-hydrogen) atoms. The molecule has 1 aliphatic rings. The maximum Gasteiger partial charge on any atom is 0.140 e. The molecule has 0 aromatic heterocycles. The predicted molar refractivity (Wildman–Crippen MR) is 58.1 cm³/mol. The second-order valence-corrected chi connectivity index (χ2v) is 4.47. The fraction of sp³-hybridized carbons (Fsp3) is 0.750. The Morgan fingerprint density at radius 1 is 1.54 bits per heavy atom. The number of morpholine rings is 1. The van der Waals surface area contributed by atoms with Crippen LogP contribution in [0, 0.1) is 0 Å². The molecule has 0 bridgehead atoms. The van der Waals surface area contributed by atoms with Gasteiger partial charge >= 0.3 is 0 Å². The lowest BCUT2D eigenvalue weighted by Crippen LogP contribution is -2.38. The molecule has 1 saturated heterocycles. The highest BCUT2D eigenvalue weighted by Gasteiger charge is 2.13. The second kappa shape index (κ2) is 5.57. The molecule has 0 aromatic rings. The molecule has 3 nitrogen and oxygen atoms in total. The zero-order chi connectivity index (χ0) is 9.68. The third kappa shape index (κ3) is 4.06. The number of Topliss-reactive ketones (excluding diaryl/α,β-unsaturated/α-hetero) is 1. The number of ketones is 1. The van der Waals surface area contributed by atoms with Gasteiger partial charge in [0.15, 0.2) is 0 Å². The first-order valence-electron chi connectivity index (χ1n) is 4.19. The number of nitrogens with zero attached hydrogens (tertiary/aromatic N) is 1. The van der Waals surface area contributed by atoms with E-state index >= 15 is 0 Å². The normalized spacial score (nSPS) is 17.2. The van der Waals surface area contributed by atoms with Crippen LogP contribution in [-0.2, 0) is 9.53 Å². The number of carbonyl (C=O) groups is 1. The van der Waals surface area contributed by atoms with Gasteiger partial charge in [-0.15, -0.1) is 0 Å². The van der Waals surface area contributed by atoms with Gasteiger partial charge in [-0.3, -0.25) is 4.79 Å². The van der Waals surface area contributed by atoms with Crippen LogP contribution in [-0.4, -0.2) is 47.1 Å². The monoisotopic (exact) mass is 219 g/mol. The fourth-order valence-corrected chi connectivity index (χ4v) is 2.05. The molecule has 0 saturated carbocycles. The molecule has 1 aliphatic heterocycles. The van der Waals surface area contributed by atoms with Gasteiger partial charge in [0.25, 0.3) is 0 Å². The molecule has 74 valence electrons. The maximum atomic E-state index is 10.7. The van der Waals surface area contributed by atoms with E-state index in [2.05, 4.69) is 4.90 Å². The van der Waals surface area contributed by atoms with Gasteiger partial charge in [0, 0.05) is 13.1 Å². The topological polar surface area (TPSA) is 29.5 Å². The van der Waals surface area contributed by atoms with E-state index in [1.54, 1.807) is 6.92 Å². The number of rotatable bonds is 2. The van der Waals surface area contributed by atoms with Crippen molar-refractivity contribution in [3.8, 4) is 0 Å². The summed E-state index contributed by atoms with van der Waals surface area (Å²) < 4.78 is 6.02. The molecule has 0 aliphatic carbocycles. The molecule has 0 radical (unpaired) electrons. The zero-order valence-electron chi connectivity index (χ0n) is 7.62. The lowest BCUT2D eigenvalue weighted by atomic mass is 10.5. The van der Waals surface area contributed by atoms with Crippen LogP contribution in [0.3, 0.4) is 0 Å². The Bertz CT molecular complexity index is 202. The van der Waals surface area contributed by atoms with Gasteiger partial charge < -0.3 is 9.64 Å². The summed E-state index contributed by atoms with van der Waals surface area (Å²) in [5.74, 6) is 0.650. The van der Waals surface area contributed by atoms with E-state index in [1.807, 2.05) is 0 Å². The minimum absolute atomic E-state index is 0.167. The molecule has 1 fully saturated rings. The van der Waals surface area contributed by atoms with Crippen molar-refractivity contribution < 1.29 is 9.53 Å². The summed E-state index contributed by atoms with van der Waals surface area (Å²) in [4.78, 5) is 12.8. The number of carbonyl (C=O) groups excluding carboxylic acids is 1. The van der Waals surface area contributed by atoms with Gasteiger partial charge in [0.1, 0.15) is 10.1 Å². The molecule has 0 unspecified atom stereocenters. The van der Waals surface area contributed by atoms with Gasteiger partial charge in [-0.25, -0.2) is 0 Å². The van der Waals surface area contributed by atoms with E-state index in [4.69, 9.17) is 17.0 Å². The van der Waals surface area contributed by atoms with Crippen LogP contribution in [0.4, 0.5) is 0 Å². The number of hydrogen-bond acceptors (Lipinski definition) is 4. The molecule has 0 atom stereocenters. The third-order valence-electron chi connectivity index (χ3n) is 1.67. The number of ether oxygens (including phenoxy) is 1. The highest BCUT2D eigenvalue weighted by Crippen LogP contribution is 2.11. The molecule has 1 heterocycles. The lowest BCUT2D eigenvalue weighted by molar-refractivity contribution is -0.114. The first-order chi connectivity index (χ1) is 6.20. The van der Waals surface area contributed by atoms with Crippen molar-refractivity contribution in [3.05, 3.63) is 0 Å². The Balaban J connectivity index is 2.25. The van der Waals surface area contributed by atoms with E-state index in [0.29, 0.717) is 5.75 Å². The summed E-state index contributed by atoms with van der Waals surface area (Å²) in [5.41, 5.74) is 0. The van der Waals surface area contributed by atoms with E-state index in [-0.39, 0.29) is 5.78 Å². The van der Waals surface area contributed by atoms with Crippen molar-refractivity contribution in [2.24, 2.45) is 0 Å². The van der Waals surface area contributed by atoms with Gasteiger partial charge in [0.05, 0.1) is 19.0 Å². The third-order valence-corrected chi connectivity index (χ3v) is 3.34. The summed E-state index contributed by atoms with van der Waals surface area (Å²) >= 11 is 6.62. The summed E-state index contributed by atoms with van der Waals surface area (Å²) in [6.45, 7) is 4.75. The fourth-order valence-electron chi connectivity index (χ4n) is 1.00. The highest BCUT2D eigenvalue weighted by atomic mass is 32.2. The molecule has 0 amide bonds. The van der Waals surface area contributed by atoms with Gasteiger partial charge in [-0.1, -0.05) is 24.0 Å². The van der Waals surface area contributed by atoms with E-state index in [9.17, 15) is 4.79 Å². The van der Waals surface area contributed by atoms with Crippen LogP contribution in [0.25, 0.3) is 0 Å². The molecule has 0 spiro atoms. The maximum absolute atomic E-state index is 10.7. The molecule has 5 heteroatoms. The van der Waals surface area contributed by atoms with Crippen LogP contribution in [0.1, 0.15) is 6.92 Å². The Kier molecular flexibility index (Phi) is 4.69. The van der Waals surface area contributed by atoms with Crippen LogP contribution in [0.15, 0.2) is 0 Å². The lowest BCUT2D eigenvalue weighted by Gasteiger charge is -2.28. The Morgan fingerprint density at radius 2 is 2.15 bits per heavy atom. The SMILES string of the molecule is CC(=O)CSC(=S)N1CCOCC1. The number of hydrogen-bond donors (Lipinski definition) is 0. The Morgan fingerprint density at radius 3 is 2.69 bits per heavy atom. The minimum atomic E-state index is 0.167. The van der Waals surface area contributed by atoms with Crippen molar-refractivity contribution in [1.82, 2.24) is 4.90 Å². The molecule has 1 rings (SSSR count). The number of thiocarbonyl (C=S) groups is 1. The van der Waals surface area contributed by atoms with Crippen molar-refractivity contribution in [2.45, 2.75) is 6.92 Å². The zero-order valence-corrected chi connectivity index (χ0v) is 9.25. The minimum Gasteiger partial charge on any atom is -0.378 e. The van der Waals surface area contributed by atoms with Crippen molar-refractivity contribution >= 4 is 34.1 Å². The van der Waals surface area contributed by atoms with E-state index in [1.165, 1.54) is 11.8 Å². The van der Waals surface area contributed by atoms with Crippen LogP contribution in [0.5, 0.6) is 0 Å². The Hall–Kier alpha value is -0.130. The van der Waals surface area contributed by atoms with Crippen molar-refractivity contribution in [3.63, 3.8) is 0 Å². The van der Waals surface area contributed by atoms with Gasteiger partial charge in [-0.2, -0.15) is 0 Å². The Labute approximate surface area is 87.8 Å². The van der Waals surface area contributed by atoms with Gasteiger partial charge in [-0.05, 0) is 6.92 Å². The van der Waals surface area contributed by atoms with E-state index in [0.717, 1.165) is 30.6 Å². The molecular formula is C8H13NO2S2. The summed E-state index contributed by atoms with van der Waals surface area (Å²) in [6.07, 6.45) is 0. The van der Waals surface area contributed by atoms with E-state index < -0.39 is 0 Å². The average Bonchev–Trinajstić information content (AvgIpc) is 2.15. The summed E-state index contributed by atoms with van der Waals surface area (Å²) in [6, 6.07) is 0. The second-order valence-electron chi connectivity index (χ2n) is 2.86. The molecule has 0 N–H and O–H groups in total. The summed E-state index contributed by atoms with van der Waals surface area (Å²) in [7, 11) is 0. The first kappa shape index (κ1) is 10.9. The van der Waals surface area contributed by atoms with Crippen LogP contribution in [0.2, 0.25) is 0 Å². The quantitative estimate of drug-likeness (QED) is 0.644. The van der Waals surface area contributed by atoms with Crippen LogP contribution < -0.4 is 0 Å². The van der Waals surface area contributed by atoms with Crippen molar-refractivity contribution in [2.75, 3.05) is 32.1 Å². The molecule has 0 aromatic carbocycles. The molecular weight excluding hydrogens is 206 g/mol. The van der Waals surface area contributed by atoms with Gasteiger partial charge in [0.2, 0.25) is 0 Å². The predicted octanol–water partition coefficient (Wildman–Crippen LogP) is 0.926. The first-order valence-corrected chi connectivity index (χ1v) is 5.58. The smallest absolute Gasteiger partial charge is 0.140 e. The average molecular weight is 219 g/mol. The largest absolute Gasteiger partial charge is 0.378 e.